The van der Waals surface area contributed by atoms with E-state index in [0.717, 1.165) is 5.56 Å². The molecule has 5 nitrogen and oxygen atoms in total. The molecule has 0 saturated carbocycles. The maximum atomic E-state index is 12.6. The number of nitrogens with zero attached hydrogens (tertiary/aromatic N) is 2. The minimum atomic E-state index is -0.529. The Balaban J connectivity index is 2.07. The number of carbonyl (C=O) groups excluding carboxylic acids is 1. The summed E-state index contributed by atoms with van der Waals surface area (Å²) in [5, 5.41) is 8.03. The summed E-state index contributed by atoms with van der Waals surface area (Å²) < 4.78 is 1.65. The largest absolute Gasteiger partial charge is 0.320 e. The highest BCUT2D eigenvalue weighted by Gasteiger charge is 2.17. The van der Waals surface area contributed by atoms with Gasteiger partial charge in [-0.05, 0) is 49.7 Å². The molecule has 0 unspecified atom stereocenters. The Hall–Kier alpha value is -2.66. The van der Waals surface area contributed by atoms with E-state index in [4.69, 9.17) is 11.6 Å². The smallest absolute Gasteiger partial charge is 0.280 e. The number of fused-ring (bicyclic) bond motifs is 1. The van der Waals surface area contributed by atoms with Crippen molar-refractivity contribution < 1.29 is 4.79 Å². The van der Waals surface area contributed by atoms with Gasteiger partial charge in [0.2, 0.25) is 5.43 Å². The highest BCUT2D eigenvalue weighted by Crippen LogP contribution is 2.20. The number of amides is 1. The first-order valence-electron chi connectivity index (χ1n) is 7.58. The normalized spacial score (nSPS) is 10.8. The van der Waals surface area contributed by atoms with Crippen molar-refractivity contribution in [1.82, 2.24) is 9.78 Å². The van der Waals surface area contributed by atoms with Gasteiger partial charge >= 0.3 is 0 Å². The van der Waals surface area contributed by atoms with Gasteiger partial charge in [-0.25, -0.2) is 0 Å². The zero-order valence-corrected chi connectivity index (χ0v) is 14.1. The number of aromatic nitrogens is 2. The Morgan fingerprint density at radius 2 is 2.00 bits per heavy atom. The molecule has 1 aromatic heterocycles. The molecule has 1 heterocycles. The molecule has 2 aromatic carbocycles. The maximum absolute atomic E-state index is 12.6. The third-order valence-electron chi connectivity index (χ3n) is 3.81. The average molecular weight is 342 g/mol. The van der Waals surface area contributed by atoms with Gasteiger partial charge in [0.05, 0.1) is 5.52 Å². The van der Waals surface area contributed by atoms with Crippen LogP contribution in [-0.2, 0) is 6.54 Å². The first-order valence-corrected chi connectivity index (χ1v) is 7.96. The molecule has 0 spiro atoms. The third-order valence-corrected chi connectivity index (χ3v) is 4.05. The van der Waals surface area contributed by atoms with E-state index < -0.39 is 5.91 Å². The summed E-state index contributed by atoms with van der Waals surface area (Å²) in [6.45, 7) is 4.30. The summed E-state index contributed by atoms with van der Waals surface area (Å²) in [5.41, 5.74) is 1.63. The van der Waals surface area contributed by atoms with E-state index in [1.807, 2.05) is 26.0 Å². The van der Waals surface area contributed by atoms with E-state index >= 15 is 0 Å². The van der Waals surface area contributed by atoms with Crippen molar-refractivity contribution >= 4 is 34.1 Å². The van der Waals surface area contributed by atoms with Crippen LogP contribution in [0, 0.1) is 6.92 Å². The topological polar surface area (TPSA) is 64.0 Å². The van der Waals surface area contributed by atoms with E-state index in [9.17, 15) is 9.59 Å². The van der Waals surface area contributed by atoms with E-state index in [2.05, 4.69) is 10.4 Å². The van der Waals surface area contributed by atoms with Gasteiger partial charge in [0, 0.05) is 22.6 Å². The van der Waals surface area contributed by atoms with Gasteiger partial charge in [-0.15, -0.1) is 0 Å². The standard InChI is InChI=1S/C18H16ClN3O2/c1-3-22-15-7-5-4-6-13(15)17(23)16(21-22)18(24)20-14-9-8-12(19)10-11(14)2/h4-10H,3H2,1-2H3,(H,20,24). The lowest BCUT2D eigenvalue weighted by Crippen LogP contribution is -2.27. The molecule has 0 radical (unpaired) electrons. The number of aryl methyl sites for hydroxylation is 2. The predicted molar refractivity (Wildman–Crippen MR) is 95.8 cm³/mol. The second-order valence-electron chi connectivity index (χ2n) is 5.42. The summed E-state index contributed by atoms with van der Waals surface area (Å²) in [6, 6.07) is 12.3. The number of para-hydroxylation sites is 1. The Bertz CT molecular complexity index is 995. The molecule has 3 aromatic rings. The van der Waals surface area contributed by atoms with Gasteiger partial charge in [-0.2, -0.15) is 5.10 Å². The number of carbonyl (C=O) groups is 1. The molecule has 1 N–H and O–H groups in total. The number of rotatable bonds is 3. The van der Waals surface area contributed by atoms with E-state index in [-0.39, 0.29) is 11.1 Å². The summed E-state index contributed by atoms with van der Waals surface area (Å²) in [5.74, 6) is -0.529. The van der Waals surface area contributed by atoms with Crippen LogP contribution >= 0.6 is 11.6 Å². The van der Waals surface area contributed by atoms with Crippen LogP contribution in [0.15, 0.2) is 47.3 Å². The molecule has 0 fully saturated rings. The number of hydrogen-bond acceptors (Lipinski definition) is 3. The van der Waals surface area contributed by atoms with Crippen LogP contribution in [0.4, 0.5) is 5.69 Å². The minimum absolute atomic E-state index is 0.120. The number of nitrogens with one attached hydrogen (secondary N) is 1. The molecule has 0 bridgehead atoms. The quantitative estimate of drug-likeness (QED) is 0.791. The van der Waals surface area contributed by atoms with E-state index in [1.54, 1.807) is 35.0 Å². The van der Waals surface area contributed by atoms with Crippen LogP contribution in [-0.4, -0.2) is 15.7 Å². The maximum Gasteiger partial charge on any atom is 0.280 e. The Labute approximate surface area is 143 Å². The number of anilines is 1. The van der Waals surface area contributed by atoms with Gasteiger partial charge in [0.25, 0.3) is 5.91 Å². The zero-order chi connectivity index (χ0) is 17.3. The molecular weight excluding hydrogens is 326 g/mol. The monoisotopic (exact) mass is 341 g/mol. The average Bonchev–Trinajstić information content (AvgIpc) is 2.58. The minimum Gasteiger partial charge on any atom is -0.320 e. The zero-order valence-electron chi connectivity index (χ0n) is 13.3. The van der Waals surface area contributed by atoms with Crippen molar-refractivity contribution in [3.63, 3.8) is 0 Å². The molecule has 0 saturated heterocycles. The number of hydrogen-bond donors (Lipinski definition) is 1. The van der Waals surface area contributed by atoms with Crippen LogP contribution in [0.2, 0.25) is 5.02 Å². The molecular formula is C18H16ClN3O2. The first kappa shape index (κ1) is 16.2. The fourth-order valence-corrected chi connectivity index (χ4v) is 2.80. The van der Waals surface area contributed by atoms with Crippen molar-refractivity contribution in [2.45, 2.75) is 20.4 Å². The lowest BCUT2D eigenvalue weighted by Gasteiger charge is -2.11. The highest BCUT2D eigenvalue weighted by molar-refractivity contribution is 6.30. The van der Waals surface area contributed by atoms with Crippen molar-refractivity contribution in [2.24, 2.45) is 0 Å². The van der Waals surface area contributed by atoms with Crippen LogP contribution in [0.1, 0.15) is 23.0 Å². The fourth-order valence-electron chi connectivity index (χ4n) is 2.58. The highest BCUT2D eigenvalue weighted by atomic mass is 35.5. The fraction of sp³-hybridized carbons (Fsp3) is 0.167. The van der Waals surface area contributed by atoms with Crippen LogP contribution in [0.3, 0.4) is 0 Å². The van der Waals surface area contributed by atoms with Crippen molar-refractivity contribution in [1.29, 1.82) is 0 Å². The van der Waals surface area contributed by atoms with Crippen LogP contribution in [0.5, 0.6) is 0 Å². The van der Waals surface area contributed by atoms with Crippen molar-refractivity contribution in [3.05, 3.63) is 69.0 Å². The summed E-state index contributed by atoms with van der Waals surface area (Å²) in [7, 11) is 0. The summed E-state index contributed by atoms with van der Waals surface area (Å²) in [6.07, 6.45) is 0. The molecule has 0 aliphatic carbocycles. The second-order valence-corrected chi connectivity index (χ2v) is 5.86. The molecule has 6 heteroatoms. The van der Waals surface area contributed by atoms with Gasteiger partial charge < -0.3 is 5.32 Å². The number of halogens is 1. The van der Waals surface area contributed by atoms with Crippen LogP contribution in [0.25, 0.3) is 10.9 Å². The Morgan fingerprint density at radius 3 is 2.71 bits per heavy atom. The third kappa shape index (κ3) is 2.90. The molecule has 0 atom stereocenters. The van der Waals surface area contributed by atoms with Crippen molar-refractivity contribution in [3.8, 4) is 0 Å². The first-order chi connectivity index (χ1) is 11.5. The Kier molecular flexibility index (Phi) is 4.36. The summed E-state index contributed by atoms with van der Waals surface area (Å²) in [4.78, 5) is 25.2. The van der Waals surface area contributed by atoms with Crippen molar-refractivity contribution in [2.75, 3.05) is 5.32 Å². The van der Waals surface area contributed by atoms with Gasteiger partial charge in [-0.3, -0.25) is 14.3 Å². The van der Waals surface area contributed by atoms with E-state index in [1.165, 1.54) is 0 Å². The SMILES string of the molecule is CCn1nc(C(=O)Nc2ccc(Cl)cc2C)c(=O)c2ccccc21. The molecule has 1 amide bonds. The second kappa shape index (κ2) is 6.45. The predicted octanol–water partition coefficient (Wildman–Crippen LogP) is 3.63. The molecule has 0 aliphatic heterocycles. The Morgan fingerprint density at radius 1 is 1.25 bits per heavy atom. The van der Waals surface area contributed by atoms with Gasteiger partial charge in [0.15, 0.2) is 5.69 Å². The van der Waals surface area contributed by atoms with E-state index in [0.29, 0.717) is 28.2 Å². The lowest BCUT2D eigenvalue weighted by atomic mass is 10.1. The molecule has 24 heavy (non-hydrogen) atoms. The van der Waals surface area contributed by atoms with Crippen LogP contribution < -0.4 is 10.7 Å². The lowest BCUT2D eigenvalue weighted by molar-refractivity contribution is 0.101. The molecule has 0 aliphatic rings. The number of benzene rings is 2. The molecule has 3 rings (SSSR count). The molecule has 122 valence electrons. The van der Waals surface area contributed by atoms with Gasteiger partial charge in [0.1, 0.15) is 0 Å². The van der Waals surface area contributed by atoms with Gasteiger partial charge in [-0.1, -0.05) is 23.7 Å². The summed E-state index contributed by atoms with van der Waals surface area (Å²) >= 11 is 5.92.